The lowest BCUT2D eigenvalue weighted by Crippen LogP contribution is -2.40. The molecule has 6 nitrogen and oxygen atoms in total. The quantitative estimate of drug-likeness (QED) is 0.870. The van der Waals surface area contributed by atoms with Crippen molar-refractivity contribution < 1.29 is 37.3 Å². The number of carbonyl (C=O) groups excluding carboxylic acids is 1. The number of hydrogen-bond donors (Lipinski definition) is 1. The summed E-state index contributed by atoms with van der Waals surface area (Å²) in [6.45, 7) is 0.230. The van der Waals surface area contributed by atoms with Crippen LogP contribution in [0.25, 0.3) is 0 Å². The molecule has 1 aromatic rings. The van der Waals surface area contributed by atoms with E-state index in [1.165, 1.54) is 14.0 Å². The van der Waals surface area contributed by atoms with E-state index in [-0.39, 0.29) is 0 Å². The van der Waals surface area contributed by atoms with Crippen LogP contribution in [0.1, 0.15) is 6.92 Å². The SMILES string of the molecule is COc1ccc(OC(C)C(=O)N2C[C@@H](C(F)(F)F)[C@H](C(=O)O)C2)cc1. The average molecular weight is 361 g/mol. The van der Waals surface area contributed by atoms with Gasteiger partial charge in [0.15, 0.2) is 6.10 Å². The minimum atomic E-state index is -4.68. The molecule has 1 aromatic carbocycles. The molecule has 1 N–H and O–H groups in total. The van der Waals surface area contributed by atoms with E-state index in [0.29, 0.717) is 11.5 Å². The Morgan fingerprint density at radius 1 is 1.20 bits per heavy atom. The van der Waals surface area contributed by atoms with Crippen molar-refractivity contribution in [2.75, 3.05) is 20.2 Å². The standard InChI is InChI=1S/C16H18F3NO5/c1-9(25-11-5-3-10(24-2)4-6-11)14(21)20-7-12(15(22)23)13(8-20)16(17,18)19/h3-6,9,12-13H,7-8H2,1-2H3,(H,22,23)/t9?,12-,13-/m1/s1. The van der Waals surface area contributed by atoms with E-state index in [1.807, 2.05) is 0 Å². The number of benzene rings is 1. The number of ether oxygens (including phenoxy) is 2. The fourth-order valence-corrected chi connectivity index (χ4v) is 2.73. The van der Waals surface area contributed by atoms with Gasteiger partial charge in [0.25, 0.3) is 5.91 Å². The third kappa shape index (κ3) is 4.34. The summed E-state index contributed by atoms with van der Waals surface area (Å²) >= 11 is 0. The van der Waals surface area contributed by atoms with Crippen molar-refractivity contribution in [2.45, 2.75) is 19.2 Å². The first kappa shape index (κ1) is 18.9. The first-order valence-electron chi connectivity index (χ1n) is 7.52. The van der Waals surface area contributed by atoms with E-state index in [4.69, 9.17) is 14.6 Å². The van der Waals surface area contributed by atoms with E-state index >= 15 is 0 Å². The van der Waals surface area contributed by atoms with Gasteiger partial charge in [0.2, 0.25) is 0 Å². The molecule has 1 aliphatic rings. The van der Waals surface area contributed by atoms with Gasteiger partial charge in [-0.1, -0.05) is 0 Å². The molecule has 0 bridgehead atoms. The number of hydrogen-bond acceptors (Lipinski definition) is 4. The van der Waals surface area contributed by atoms with E-state index < -0.39 is 49.1 Å². The topological polar surface area (TPSA) is 76.1 Å². The second-order valence-electron chi connectivity index (χ2n) is 5.77. The van der Waals surface area contributed by atoms with Gasteiger partial charge in [-0.05, 0) is 31.2 Å². The second-order valence-corrected chi connectivity index (χ2v) is 5.77. The lowest BCUT2D eigenvalue weighted by Gasteiger charge is -2.22. The third-order valence-corrected chi connectivity index (χ3v) is 4.09. The summed E-state index contributed by atoms with van der Waals surface area (Å²) in [5.41, 5.74) is 0. The summed E-state index contributed by atoms with van der Waals surface area (Å²) in [4.78, 5) is 24.3. The van der Waals surface area contributed by atoms with Crippen LogP contribution < -0.4 is 9.47 Å². The highest BCUT2D eigenvalue weighted by atomic mass is 19.4. The summed E-state index contributed by atoms with van der Waals surface area (Å²) in [5.74, 6) is -5.07. The maximum absolute atomic E-state index is 13.0. The lowest BCUT2D eigenvalue weighted by atomic mass is 9.96. The van der Waals surface area contributed by atoms with Crippen molar-refractivity contribution >= 4 is 11.9 Å². The number of nitrogens with zero attached hydrogens (tertiary/aromatic N) is 1. The number of carboxylic acid groups (broad SMARTS) is 1. The van der Waals surface area contributed by atoms with Crippen molar-refractivity contribution in [3.8, 4) is 11.5 Å². The van der Waals surface area contributed by atoms with Crippen molar-refractivity contribution in [1.29, 1.82) is 0 Å². The Bertz CT molecular complexity index is 632. The molecular formula is C16H18F3NO5. The van der Waals surface area contributed by atoms with E-state index in [2.05, 4.69) is 0 Å². The number of carbonyl (C=O) groups is 2. The number of rotatable bonds is 5. The highest BCUT2D eigenvalue weighted by Gasteiger charge is 2.53. The van der Waals surface area contributed by atoms with E-state index in [9.17, 15) is 22.8 Å². The number of alkyl halides is 3. The van der Waals surface area contributed by atoms with Crippen LogP contribution in [0, 0.1) is 11.8 Å². The Balaban J connectivity index is 2.05. The minimum Gasteiger partial charge on any atom is -0.497 e. The zero-order valence-corrected chi connectivity index (χ0v) is 13.6. The van der Waals surface area contributed by atoms with Gasteiger partial charge in [0.1, 0.15) is 11.5 Å². The van der Waals surface area contributed by atoms with Gasteiger partial charge in [-0.3, -0.25) is 9.59 Å². The number of amides is 1. The number of methoxy groups -OCH3 is 1. The predicted molar refractivity (Wildman–Crippen MR) is 80.3 cm³/mol. The number of halogens is 3. The van der Waals surface area contributed by atoms with Crippen LogP contribution >= 0.6 is 0 Å². The van der Waals surface area contributed by atoms with Gasteiger partial charge in [-0.2, -0.15) is 13.2 Å². The molecule has 1 fully saturated rings. The van der Waals surface area contributed by atoms with Crippen LogP contribution in [-0.2, 0) is 9.59 Å². The zero-order valence-electron chi connectivity index (χ0n) is 13.6. The van der Waals surface area contributed by atoms with E-state index in [1.54, 1.807) is 24.3 Å². The molecule has 1 heterocycles. The molecule has 9 heteroatoms. The zero-order chi connectivity index (χ0) is 18.8. The lowest BCUT2D eigenvalue weighted by molar-refractivity contribution is -0.188. The first-order valence-corrected chi connectivity index (χ1v) is 7.52. The van der Waals surface area contributed by atoms with Crippen molar-refractivity contribution in [3.05, 3.63) is 24.3 Å². The molecule has 0 aromatic heterocycles. The average Bonchev–Trinajstić information content (AvgIpc) is 3.00. The summed E-state index contributed by atoms with van der Waals surface area (Å²) < 4.78 is 49.4. The maximum atomic E-state index is 13.0. The summed E-state index contributed by atoms with van der Waals surface area (Å²) in [7, 11) is 1.49. The van der Waals surface area contributed by atoms with Crippen molar-refractivity contribution in [1.82, 2.24) is 4.90 Å². The number of aliphatic carboxylic acids is 1. The van der Waals surface area contributed by atoms with Crippen molar-refractivity contribution in [2.24, 2.45) is 11.8 Å². The van der Waals surface area contributed by atoms with Gasteiger partial charge >= 0.3 is 12.1 Å². The van der Waals surface area contributed by atoms with Crippen molar-refractivity contribution in [3.63, 3.8) is 0 Å². The molecular weight excluding hydrogens is 343 g/mol. The molecule has 0 radical (unpaired) electrons. The number of carboxylic acids is 1. The summed E-state index contributed by atoms with van der Waals surface area (Å²) in [5, 5.41) is 8.99. The molecule has 138 valence electrons. The molecule has 0 saturated carbocycles. The second kappa shape index (κ2) is 7.20. The molecule has 1 amide bonds. The maximum Gasteiger partial charge on any atom is 0.394 e. The largest absolute Gasteiger partial charge is 0.497 e. The van der Waals surface area contributed by atoms with Crippen LogP contribution in [0.5, 0.6) is 11.5 Å². The van der Waals surface area contributed by atoms with Gasteiger partial charge in [0.05, 0.1) is 18.9 Å². The number of likely N-dealkylation sites (tertiary alicyclic amines) is 1. The Labute approximate surface area is 142 Å². The molecule has 1 aliphatic heterocycles. The predicted octanol–water partition coefficient (Wildman–Crippen LogP) is 2.18. The normalized spacial score (nSPS) is 21.7. The minimum absolute atomic E-state index is 0.350. The van der Waals surface area contributed by atoms with E-state index in [0.717, 1.165) is 4.90 Å². The highest BCUT2D eigenvalue weighted by Crippen LogP contribution is 2.38. The third-order valence-electron chi connectivity index (χ3n) is 4.09. The Morgan fingerprint density at radius 3 is 2.20 bits per heavy atom. The van der Waals surface area contributed by atoms with Crippen LogP contribution in [0.2, 0.25) is 0 Å². The van der Waals surface area contributed by atoms with Crippen LogP contribution in [0.15, 0.2) is 24.3 Å². The molecule has 2 rings (SSSR count). The fraction of sp³-hybridized carbons (Fsp3) is 0.500. The van der Waals surface area contributed by atoms with Gasteiger partial charge in [-0.15, -0.1) is 0 Å². The molecule has 0 spiro atoms. The Hall–Kier alpha value is -2.45. The fourth-order valence-electron chi connectivity index (χ4n) is 2.73. The van der Waals surface area contributed by atoms with Gasteiger partial charge < -0.3 is 19.5 Å². The first-order chi connectivity index (χ1) is 11.6. The smallest absolute Gasteiger partial charge is 0.394 e. The summed E-state index contributed by atoms with van der Waals surface area (Å²) in [6, 6.07) is 6.35. The molecule has 1 unspecified atom stereocenters. The van der Waals surface area contributed by atoms with Gasteiger partial charge in [-0.25, -0.2) is 0 Å². The molecule has 0 aliphatic carbocycles. The molecule has 3 atom stereocenters. The van der Waals surface area contributed by atoms with Crippen LogP contribution in [-0.4, -0.2) is 54.4 Å². The van der Waals surface area contributed by atoms with Gasteiger partial charge in [0, 0.05) is 13.1 Å². The van der Waals surface area contributed by atoms with Crippen LogP contribution in [0.3, 0.4) is 0 Å². The Morgan fingerprint density at radius 2 is 1.76 bits per heavy atom. The monoisotopic (exact) mass is 361 g/mol. The summed E-state index contributed by atoms with van der Waals surface area (Å²) in [6.07, 6.45) is -5.73. The van der Waals surface area contributed by atoms with Crippen LogP contribution in [0.4, 0.5) is 13.2 Å². The Kier molecular flexibility index (Phi) is 5.44. The highest BCUT2D eigenvalue weighted by molar-refractivity contribution is 5.82. The molecule has 1 saturated heterocycles. The molecule has 25 heavy (non-hydrogen) atoms.